The fourth-order valence-corrected chi connectivity index (χ4v) is 1.55. The number of aromatic carboxylic acids is 1. The molecular weight excluding hydrogens is 267 g/mol. The molecule has 0 radical (unpaired) electrons. The molecule has 0 atom stereocenters. The first-order valence-electron chi connectivity index (χ1n) is 5.66. The minimum Gasteiger partial charge on any atom is -0.478 e. The van der Waals surface area contributed by atoms with E-state index in [-0.39, 0.29) is 17.8 Å². The minimum absolute atomic E-state index is 0.0100. The standard InChI is InChI=1S/C13H11FN2O4/c14-8-3-4-11(10(6-8)12(17)18)16-13(19)15-7-9-2-1-5-20-9/h1-6H,7H2,(H,17,18)(H2,15,16,19). The van der Waals surface area contributed by atoms with Gasteiger partial charge in [0, 0.05) is 0 Å². The molecular formula is C13H11FN2O4. The van der Waals surface area contributed by atoms with Crippen molar-refractivity contribution >= 4 is 17.7 Å². The Kier molecular flexibility index (Phi) is 3.99. The lowest BCUT2D eigenvalue weighted by Crippen LogP contribution is -2.28. The van der Waals surface area contributed by atoms with E-state index in [0.29, 0.717) is 5.76 Å². The number of urea groups is 1. The molecule has 2 rings (SSSR count). The first-order valence-corrected chi connectivity index (χ1v) is 5.66. The number of carboxylic acids is 1. The Bertz CT molecular complexity index is 625. The molecule has 20 heavy (non-hydrogen) atoms. The van der Waals surface area contributed by atoms with Gasteiger partial charge in [0.05, 0.1) is 24.1 Å². The van der Waals surface area contributed by atoms with E-state index >= 15 is 0 Å². The molecule has 0 aliphatic carbocycles. The summed E-state index contributed by atoms with van der Waals surface area (Å²) in [6.07, 6.45) is 1.47. The van der Waals surface area contributed by atoms with Gasteiger partial charge in [-0.15, -0.1) is 0 Å². The van der Waals surface area contributed by atoms with Crippen molar-refractivity contribution in [3.8, 4) is 0 Å². The molecule has 0 aliphatic rings. The zero-order chi connectivity index (χ0) is 14.5. The van der Waals surface area contributed by atoms with Gasteiger partial charge < -0.3 is 20.2 Å². The normalized spacial score (nSPS) is 10.1. The van der Waals surface area contributed by atoms with Crippen LogP contribution < -0.4 is 10.6 Å². The molecule has 1 aromatic heterocycles. The van der Waals surface area contributed by atoms with E-state index in [0.717, 1.165) is 12.1 Å². The van der Waals surface area contributed by atoms with E-state index in [1.807, 2.05) is 0 Å². The third-order valence-corrected chi connectivity index (χ3v) is 2.46. The van der Waals surface area contributed by atoms with Crippen LogP contribution in [0.2, 0.25) is 0 Å². The summed E-state index contributed by atoms with van der Waals surface area (Å²) in [5, 5.41) is 13.8. The van der Waals surface area contributed by atoms with Crippen LogP contribution in [0.1, 0.15) is 16.1 Å². The summed E-state index contributed by atoms with van der Waals surface area (Å²) in [6, 6.07) is 5.83. The fraction of sp³-hybridized carbons (Fsp3) is 0.0769. The molecule has 6 nitrogen and oxygen atoms in total. The smallest absolute Gasteiger partial charge is 0.337 e. The molecule has 0 saturated heterocycles. The van der Waals surface area contributed by atoms with Crippen molar-refractivity contribution in [1.29, 1.82) is 0 Å². The van der Waals surface area contributed by atoms with Crippen molar-refractivity contribution in [2.24, 2.45) is 0 Å². The average molecular weight is 278 g/mol. The van der Waals surface area contributed by atoms with Crippen molar-refractivity contribution in [3.63, 3.8) is 0 Å². The molecule has 104 valence electrons. The summed E-state index contributed by atoms with van der Waals surface area (Å²) in [7, 11) is 0. The monoisotopic (exact) mass is 278 g/mol. The van der Waals surface area contributed by atoms with E-state index in [1.54, 1.807) is 12.1 Å². The maximum Gasteiger partial charge on any atom is 0.337 e. The number of rotatable bonds is 4. The van der Waals surface area contributed by atoms with Gasteiger partial charge in [0.2, 0.25) is 0 Å². The van der Waals surface area contributed by atoms with Crippen LogP contribution in [-0.4, -0.2) is 17.1 Å². The number of benzene rings is 1. The van der Waals surface area contributed by atoms with Crippen LogP contribution in [0, 0.1) is 5.82 Å². The molecule has 3 N–H and O–H groups in total. The lowest BCUT2D eigenvalue weighted by molar-refractivity contribution is 0.0697. The van der Waals surface area contributed by atoms with Gasteiger partial charge in [-0.05, 0) is 30.3 Å². The summed E-state index contributed by atoms with van der Waals surface area (Å²) in [5.74, 6) is -1.47. The Balaban J connectivity index is 2.02. The molecule has 2 amide bonds. The fourth-order valence-electron chi connectivity index (χ4n) is 1.55. The van der Waals surface area contributed by atoms with Gasteiger partial charge >= 0.3 is 12.0 Å². The molecule has 0 spiro atoms. The third kappa shape index (κ3) is 3.35. The highest BCUT2D eigenvalue weighted by Gasteiger charge is 2.13. The highest BCUT2D eigenvalue weighted by molar-refractivity contribution is 5.99. The zero-order valence-corrected chi connectivity index (χ0v) is 10.2. The molecule has 7 heteroatoms. The molecule has 0 bridgehead atoms. The SMILES string of the molecule is O=C(NCc1ccco1)Nc1ccc(F)cc1C(=O)O. The Labute approximate surface area is 113 Å². The number of carboxylic acid groups (broad SMARTS) is 1. The van der Waals surface area contributed by atoms with Crippen molar-refractivity contribution in [2.75, 3.05) is 5.32 Å². The van der Waals surface area contributed by atoms with E-state index in [9.17, 15) is 14.0 Å². The third-order valence-electron chi connectivity index (χ3n) is 2.46. The molecule has 0 fully saturated rings. The van der Waals surface area contributed by atoms with Crippen LogP contribution in [0.5, 0.6) is 0 Å². The van der Waals surface area contributed by atoms with Crippen LogP contribution in [0.15, 0.2) is 41.0 Å². The number of carbonyl (C=O) groups is 2. The Morgan fingerprint density at radius 1 is 1.30 bits per heavy atom. The molecule has 2 aromatic rings. The van der Waals surface area contributed by atoms with Crippen molar-refractivity contribution in [2.45, 2.75) is 6.54 Å². The second kappa shape index (κ2) is 5.87. The van der Waals surface area contributed by atoms with Crippen LogP contribution in [0.3, 0.4) is 0 Å². The van der Waals surface area contributed by atoms with Gasteiger partial charge in [0.25, 0.3) is 0 Å². The summed E-state index contributed by atoms with van der Waals surface area (Å²) >= 11 is 0. The molecule has 0 saturated carbocycles. The lowest BCUT2D eigenvalue weighted by Gasteiger charge is -2.09. The van der Waals surface area contributed by atoms with Crippen LogP contribution in [-0.2, 0) is 6.54 Å². The van der Waals surface area contributed by atoms with Crippen LogP contribution >= 0.6 is 0 Å². The number of carbonyl (C=O) groups excluding carboxylic acids is 1. The topological polar surface area (TPSA) is 91.6 Å². The van der Waals surface area contributed by atoms with Gasteiger partial charge in [0.1, 0.15) is 11.6 Å². The molecule has 1 aromatic carbocycles. The van der Waals surface area contributed by atoms with Gasteiger partial charge in [-0.3, -0.25) is 0 Å². The maximum atomic E-state index is 13.0. The predicted octanol–water partition coefficient (Wildman–Crippen LogP) is 2.44. The van der Waals surface area contributed by atoms with E-state index in [1.165, 1.54) is 12.3 Å². The van der Waals surface area contributed by atoms with Crippen molar-refractivity contribution in [1.82, 2.24) is 5.32 Å². The number of amides is 2. The summed E-state index contributed by atoms with van der Waals surface area (Å²) in [6.45, 7) is 0.155. The van der Waals surface area contributed by atoms with E-state index < -0.39 is 17.8 Å². The first kappa shape index (κ1) is 13.6. The van der Waals surface area contributed by atoms with Crippen LogP contribution in [0.4, 0.5) is 14.9 Å². The summed E-state index contributed by atoms with van der Waals surface area (Å²) in [4.78, 5) is 22.6. The number of hydrogen-bond acceptors (Lipinski definition) is 3. The Hall–Kier alpha value is -2.83. The molecule has 1 heterocycles. The van der Waals surface area contributed by atoms with Gasteiger partial charge in [-0.1, -0.05) is 0 Å². The van der Waals surface area contributed by atoms with Crippen LogP contribution in [0.25, 0.3) is 0 Å². The van der Waals surface area contributed by atoms with Gasteiger partial charge in [0.15, 0.2) is 0 Å². The van der Waals surface area contributed by atoms with Gasteiger partial charge in [-0.25, -0.2) is 14.0 Å². The number of halogens is 1. The largest absolute Gasteiger partial charge is 0.478 e. The van der Waals surface area contributed by atoms with Crippen molar-refractivity contribution < 1.29 is 23.5 Å². The highest BCUT2D eigenvalue weighted by Crippen LogP contribution is 2.17. The van der Waals surface area contributed by atoms with E-state index in [4.69, 9.17) is 9.52 Å². The lowest BCUT2D eigenvalue weighted by atomic mass is 10.2. The first-order chi connectivity index (χ1) is 9.56. The minimum atomic E-state index is -1.33. The quantitative estimate of drug-likeness (QED) is 0.801. The Morgan fingerprint density at radius 3 is 2.75 bits per heavy atom. The summed E-state index contributed by atoms with van der Waals surface area (Å²) < 4.78 is 18.0. The second-order valence-electron chi connectivity index (χ2n) is 3.88. The van der Waals surface area contributed by atoms with E-state index in [2.05, 4.69) is 10.6 Å². The second-order valence-corrected chi connectivity index (χ2v) is 3.88. The summed E-state index contributed by atoms with van der Waals surface area (Å²) in [5.41, 5.74) is -0.311. The highest BCUT2D eigenvalue weighted by atomic mass is 19.1. The Morgan fingerprint density at radius 2 is 2.10 bits per heavy atom. The zero-order valence-electron chi connectivity index (χ0n) is 10.2. The van der Waals surface area contributed by atoms with Crippen molar-refractivity contribution in [3.05, 3.63) is 53.7 Å². The maximum absolute atomic E-state index is 13.0. The predicted molar refractivity (Wildman–Crippen MR) is 67.9 cm³/mol. The average Bonchev–Trinajstić information content (AvgIpc) is 2.91. The molecule has 0 unspecified atom stereocenters. The number of anilines is 1. The molecule has 0 aliphatic heterocycles. The van der Waals surface area contributed by atoms with Gasteiger partial charge in [-0.2, -0.15) is 0 Å². The number of nitrogens with one attached hydrogen (secondary N) is 2. The number of hydrogen-bond donors (Lipinski definition) is 3. The number of furan rings is 1.